The topological polar surface area (TPSA) is 18.5 Å². The predicted octanol–water partition coefficient (Wildman–Crippen LogP) is 2.91. The van der Waals surface area contributed by atoms with Crippen molar-refractivity contribution in [3.63, 3.8) is 0 Å². The summed E-state index contributed by atoms with van der Waals surface area (Å²) < 4.78 is 12.5. The molecule has 0 unspecified atom stereocenters. The second kappa shape index (κ2) is 4.75. The number of alkyl halides is 1. The van der Waals surface area contributed by atoms with E-state index in [9.17, 15) is 0 Å². The SMILES string of the molecule is C=CC[C@H]1C[C@@H](CI)OC(C)(C)O1. The van der Waals surface area contributed by atoms with Gasteiger partial charge in [-0.25, -0.2) is 0 Å². The van der Waals surface area contributed by atoms with Crippen LogP contribution in [0.25, 0.3) is 0 Å². The summed E-state index contributed by atoms with van der Waals surface area (Å²) >= 11 is 2.36. The van der Waals surface area contributed by atoms with Crippen molar-refractivity contribution in [2.45, 2.75) is 44.7 Å². The van der Waals surface area contributed by atoms with Gasteiger partial charge in [-0.15, -0.1) is 6.58 Å². The second-order valence-electron chi connectivity index (χ2n) is 3.79. The van der Waals surface area contributed by atoms with Gasteiger partial charge in [-0.05, 0) is 20.3 Å². The fourth-order valence-corrected chi connectivity index (χ4v) is 2.18. The van der Waals surface area contributed by atoms with Gasteiger partial charge >= 0.3 is 0 Å². The highest BCUT2D eigenvalue weighted by atomic mass is 127. The molecule has 3 heteroatoms. The van der Waals surface area contributed by atoms with Crippen LogP contribution in [-0.2, 0) is 9.47 Å². The summed E-state index contributed by atoms with van der Waals surface area (Å²) in [5, 5.41) is 0. The highest BCUT2D eigenvalue weighted by Crippen LogP contribution is 2.29. The Morgan fingerprint density at radius 2 is 2.08 bits per heavy atom. The normalized spacial score (nSPS) is 32.8. The molecule has 1 aliphatic heterocycles. The molecule has 0 aromatic rings. The molecule has 0 saturated carbocycles. The average Bonchev–Trinajstić information content (AvgIpc) is 2.02. The molecule has 0 amide bonds. The standard InChI is InChI=1S/C10H17IO2/c1-4-5-8-6-9(7-11)13-10(2,3)12-8/h4,8-9H,1,5-7H2,2-3H3/t8-,9-/m0/s1. The lowest BCUT2D eigenvalue weighted by Gasteiger charge is -2.40. The van der Waals surface area contributed by atoms with Crippen molar-refractivity contribution in [2.24, 2.45) is 0 Å². The monoisotopic (exact) mass is 296 g/mol. The maximum Gasteiger partial charge on any atom is 0.163 e. The van der Waals surface area contributed by atoms with E-state index in [-0.39, 0.29) is 6.10 Å². The molecule has 76 valence electrons. The third kappa shape index (κ3) is 3.56. The molecule has 13 heavy (non-hydrogen) atoms. The summed E-state index contributed by atoms with van der Waals surface area (Å²) in [7, 11) is 0. The number of ether oxygens (including phenoxy) is 2. The number of hydrogen-bond donors (Lipinski definition) is 0. The van der Waals surface area contributed by atoms with E-state index in [1.807, 2.05) is 19.9 Å². The first-order valence-electron chi connectivity index (χ1n) is 4.60. The molecule has 0 spiro atoms. The van der Waals surface area contributed by atoms with Crippen LogP contribution in [0.2, 0.25) is 0 Å². The van der Waals surface area contributed by atoms with Crippen LogP contribution in [0.15, 0.2) is 12.7 Å². The van der Waals surface area contributed by atoms with Gasteiger partial charge in [-0.3, -0.25) is 0 Å². The highest BCUT2D eigenvalue weighted by molar-refractivity contribution is 14.1. The highest BCUT2D eigenvalue weighted by Gasteiger charge is 2.34. The summed E-state index contributed by atoms with van der Waals surface area (Å²) in [5.41, 5.74) is 0. The first kappa shape index (κ1) is 11.5. The minimum absolute atomic E-state index is 0.279. The minimum Gasteiger partial charge on any atom is -0.347 e. The fourth-order valence-electron chi connectivity index (χ4n) is 1.64. The smallest absolute Gasteiger partial charge is 0.163 e. The Morgan fingerprint density at radius 1 is 1.46 bits per heavy atom. The zero-order valence-electron chi connectivity index (χ0n) is 8.25. The molecule has 0 aliphatic carbocycles. The van der Waals surface area contributed by atoms with Gasteiger partial charge in [0.25, 0.3) is 0 Å². The number of hydrogen-bond acceptors (Lipinski definition) is 2. The van der Waals surface area contributed by atoms with Crippen molar-refractivity contribution in [3.8, 4) is 0 Å². The van der Waals surface area contributed by atoms with Crippen LogP contribution in [0.4, 0.5) is 0 Å². The molecule has 1 rings (SSSR count). The van der Waals surface area contributed by atoms with Crippen LogP contribution >= 0.6 is 22.6 Å². The van der Waals surface area contributed by atoms with Gasteiger partial charge in [0, 0.05) is 10.8 Å². The number of halogens is 1. The first-order valence-corrected chi connectivity index (χ1v) is 6.12. The van der Waals surface area contributed by atoms with E-state index >= 15 is 0 Å². The summed E-state index contributed by atoms with van der Waals surface area (Å²) in [6, 6.07) is 0. The van der Waals surface area contributed by atoms with Crippen molar-refractivity contribution >= 4 is 22.6 Å². The number of rotatable bonds is 3. The van der Waals surface area contributed by atoms with E-state index in [2.05, 4.69) is 29.2 Å². The lowest BCUT2D eigenvalue weighted by Crippen LogP contribution is -2.45. The molecule has 2 nitrogen and oxygen atoms in total. The summed E-state index contributed by atoms with van der Waals surface area (Å²) in [6.45, 7) is 7.68. The Labute approximate surface area is 93.8 Å². The van der Waals surface area contributed by atoms with E-state index in [0.717, 1.165) is 17.3 Å². The molecule has 0 radical (unpaired) electrons. The van der Waals surface area contributed by atoms with Crippen molar-refractivity contribution in [1.82, 2.24) is 0 Å². The van der Waals surface area contributed by atoms with Crippen molar-refractivity contribution in [2.75, 3.05) is 4.43 Å². The van der Waals surface area contributed by atoms with Gasteiger partial charge < -0.3 is 9.47 Å². The quantitative estimate of drug-likeness (QED) is 0.453. The van der Waals surface area contributed by atoms with Gasteiger partial charge in [-0.2, -0.15) is 0 Å². The summed E-state index contributed by atoms with van der Waals surface area (Å²) in [6.07, 6.45) is 4.42. The minimum atomic E-state index is -0.429. The molecule has 1 aliphatic rings. The van der Waals surface area contributed by atoms with Gasteiger partial charge in [0.2, 0.25) is 0 Å². The first-order chi connectivity index (χ1) is 6.07. The van der Waals surface area contributed by atoms with Gasteiger partial charge in [0.05, 0.1) is 12.2 Å². The molecular formula is C10H17IO2. The van der Waals surface area contributed by atoms with Crippen LogP contribution in [0.3, 0.4) is 0 Å². The Balaban J connectivity index is 2.54. The molecular weight excluding hydrogens is 279 g/mol. The van der Waals surface area contributed by atoms with Crippen molar-refractivity contribution in [1.29, 1.82) is 0 Å². The average molecular weight is 296 g/mol. The van der Waals surface area contributed by atoms with E-state index in [4.69, 9.17) is 9.47 Å². The lowest BCUT2D eigenvalue weighted by molar-refractivity contribution is -0.293. The molecule has 1 heterocycles. The van der Waals surface area contributed by atoms with E-state index < -0.39 is 5.79 Å². The largest absolute Gasteiger partial charge is 0.347 e. The summed E-state index contributed by atoms with van der Waals surface area (Å²) in [4.78, 5) is 0. The third-order valence-electron chi connectivity index (χ3n) is 2.03. The second-order valence-corrected chi connectivity index (χ2v) is 4.67. The summed E-state index contributed by atoms with van der Waals surface area (Å²) in [5.74, 6) is -0.429. The van der Waals surface area contributed by atoms with Crippen LogP contribution < -0.4 is 0 Å². The van der Waals surface area contributed by atoms with Crippen molar-refractivity contribution in [3.05, 3.63) is 12.7 Å². The molecule has 1 saturated heterocycles. The molecule has 0 aromatic heterocycles. The Bertz CT molecular complexity index is 180. The van der Waals surface area contributed by atoms with E-state index in [0.29, 0.717) is 6.10 Å². The van der Waals surface area contributed by atoms with E-state index in [1.165, 1.54) is 0 Å². The van der Waals surface area contributed by atoms with Gasteiger partial charge in [-0.1, -0.05) is 28.7 Å². The van der Waals surface area contributed by atoms with Gasteiger partial charge in [0.1, 0.15) is 0 Å². The predicted molar refractivity (Wildman–Crippen MR) is 62.1 cm³/mol. The van der Waals surface area contributed by atoms with E-state index in [1.54, 1.807) is 0 Å². The van der Waals surface area contributed by atoms with Crippen LogP contribution in [0.1, 0.15) is 26.7 Å². The maximum absolute atomic E-state index is 5.75. The van der Waals surface area contributed by atoms with Crippen LogP contribution in [0.5, 0.6) is 0 Å². The zero-order valence-corrected chi connectivity index (χ0v) is 10.4. The fraction of sp³-hybridized carbons (Fsp3) is 0.800. The zero-order chi connectivity index (χ0) is 9.90. The molecule has 0 bridgehead atoms. The van der Waals surface area contributed by atoms with Crippen molar-refractivity contribution < 1.29 is 9.47 Å². The Morgan fingerprint density at radius 3 is 2.62 bits per heavy atom. The molecule has 1 fully saturated rings. The lowest BCUT2D eigenvalue weighted by atomic mass is 10.1. The van der Waals surface area contributed by atoms with Gasteiger partial charge in [0.15, 0.2) is 5.79 Å². The third-order valence-corrected chi connectivity index (χ3v) is 3.01. The van der Waals surface area contributed by atoms with Crippen LogP contribution in [0, 0.1) is 0 Å². The Hall–Kier alpha value is 0.390. The molecule has 0 N–H and O–H groups in total. The molecule has 2 atom stereocenters. The maximum atomic E-state index is 5.75. The van der Waals surface area contributed by atoms with Crippen LogP contribution in [-0.4, -0.2) is 22.4 Å². The Kier molecular flexibility index (Phi) is 4.19. The molecule has 0 aromatic carbocycles.